The van der Waals surface area contributed by atoms with Gasteiger partial charge in [0.25, 0.3) is 5.91 Å². The van der Waals surface area contributed by atoms with Crippen molar-refractivity contribution in [2.75, 3.05) is 16.4 Å². The van der Waals surface area contributed by atoms with Crippen LogP contribution in [0, 0.1) is 5.82 Å². The number of rotatable bonds is 6. The van der Waals surface area contributed by atoms with Crippen molar-refractivity contribution >= 4 is 29.1 Å². The summed E-state index contributed by atoms with van der Waals surface area (Å²) in [5, 5.41) is 5.01. The standard InChI is InChI=1S/C24H23FN4O3/c25-19-11-16(9-10-17(19)23(30)29-22-4-2-1-3-20(22)26)28-24(31)32-13-14-5-7-15(8-6-14)18-12-21(18)27/h1-11,18,21H,12-13,26-27H2,(H,28,31)(H,29,30). The molecule has 1 saturated carbocycles. The van der Waals surface area contributed by atoms with E-state index in [0.29, 0.717) is 17.3 Å². The molecule has 0 aliphatic heterocycles. The number of carbonyl (C=O) groups excluding carboxylic acids is 2. The average Bonchev–Trinajstić information content (AvgIpc) is 3.51. The first-order valence-electron chi connectivity index (χ1n) is 10.1. The minimum atomic E-state index is -0.788. The van der Waals surface area contributed by atoms with Gasteiger partial charge in [-0.2, -0.15) is 0 Å². The molecule has 1 aliphatic rings. The molecule has 1 fully saturated rings. The molecule has 8 heteroatoms. The topological polar surface area (TPSA) is 119 Å². The molecule has 164 valence electrons. The number of para-hydroxylation sites is 2. The second-order valence-corrected chi connectivity index (χ2v) is 7.68. The summed E-state index contributed by atoms with van der Waals surface area (Å²) >= 11 is 0. The summed E-state index contributed by atoms with van der Waals surface area (Å²) in [5.41, 5.74) is 14.4. The molecule has 0 aromatic heterocycles. The lowest BCUT2D eigenvalue weighted by Gasteiger charge is -2.11. The Labute approximate surface area is 184 Å². The molecular formula is C24H23FN4O3. The quantitative estimate of drug-likeness (QED) is 0.433. The number of halogens is 1. The Kier molecular flexibility index (Phi) is 6.04. The zero-order valence-electron chi connectivity index (χ0n) is 17.2. The van der Waals surface area contributed by atoms with Crippen LogP contribution >= 0.6 is 0 Å². The molecule has 0 spiro atoms. The highest BCUT2D eigenvalue weighted by Crippen LogP contribution is 2.38. The Morgan fingerprint density at radius 3 is 2.41 bits per heavy atom. The molecule has 0 bridgehead atoms. The predicted molar refractivity (Wildman–Crippen MR) is 121 cm³/mol. The van der Waals surface area contributed by atoms with Crippen molar-refractivity contribution in [3.05, 3.63) is 89.2 Å². The summed E-state index contributed by atoms with van der Waals surface area (Å²) in [6, 6.07) is 18.4. The molecule has 0 radical (unpaired) electrons. The molecule has 2 amide bonds. The Hall–Kier alpha value is -3.91. The van der Waals surface area contributed by atoms with Crippen LogP contribution in [0.25, 0.3) is 0 Å². The Bertz CT molecular complexity index is 1150. The maximum Gasteiger partial charge on any atom is 0.411 e. The minimum Gasteiger partial charge on any atom is -0.444 e. The number of amides is 2. The lowest BCUT2D eigenvalue weighted by atomic mass is 10.1. The van der Waals surface area contributed by atoms with Gasteiger partial charge in [0.2, 0.25) is 0 Å². The van der Waals surface area contributed by atoms with Crippen LogP contribution in [0.2, 0.25) is 0 Å². The molecule has 3 aromatic rings. The van der Waals surface area contributed by atoms with E-state index in [-0.39, 0.29) is 23.9 Å². The highest BCUT2D eigenvalue weighted by molar-refractivity contribution is 6.06. The fourth-order valence-corrected chi connectivity index (χ4v) is 3.34. The van der Waals surface area contributed by atoms with E-state index in [4.69, 9.17) is 16.2 Å². The zero-order chi connectivity index (χ0) is 22.7. The molecule has 6 N–H and O–H groups in total. The van der Waals surface area contributed by atoms with Gasteiger partial charge in [-0.3, -0.25) is 10.1 Å². The van der Waals surface area contributed by atoms with Crippen molar-refractivity contribution in [3.63, 3.8) is 0 Å². The van der Waals surface area contributed by atoms with E-state index < -0.39 is 17.8 Å². The number of hydrogen-bond donors (Lipinski definition) is 4. The SMILES string of the molecule is Nc1ccccc1NC(=O)c1ccc(NC(=O)OCc2ccc(C3CC3N)cc2)cc1F. The second kappa shape index (κ2) is 9.07. The van der Waals surface area contributed by atoms with Crippen LogP contribution in [0.4, 0.5) is 26.2 Å². The monoisotopic (exact) mass is 434 g/mol. The number of nitrogens with two attached hydrogens (primary N) is 2. The van der Waals surface area contributed by atoms with Crippen LogP contribution in [0.3, 0.4) is 0 Å². The Morgan fingerprint density at radius 1 is 1.03 bits per heavy atom. The largest absolute Gasteiger partial charge is 0.444 e. The number of carbonyl (C=O) groups is 2. The van der Waals surface area contributed by atoms with Gasteiger partial charge < -0.3 is 21.5 Å². The van der Waals surface area contributed by atoms with E-state index in [1.807, 2.05) is 24.3 Å². The summed E-state index contributed by atoms with van der Waals surface area (Å²) in [7, 11) is 0. The van der Waals surface area contributed by atoms with Crippen LogP contribution in [-0.2, 0) is 11.3 Å². The maximum absolute atomic E-state index is 14.4. The zero-order valence-corrected chi connectivity index (χ0v) is 17.2. The number of hydrogen-bond acceptors (Lipinski definition) is 5. The van der Waals surface area contributed by atoms with Gasteiger partial charge in [-0.1, -0.05) is 36.4 Å². The molecule has 32 heavy (non-hydrogen) atoms. The van der Waals surface area contributed by atoms with Crippen LogP contribution in [0.1, 0.15) is 33.8 Å². The smallest absolute Gasteiger partial charge is 0.411 e. The van der Waals surface area contributed by atoms with Gasteiger partial charge in [0, 0.05) is 17.6 Å². The first-order valence-corrected chi connectivity index (χ1v) is 10.1. The van der Waals surface area contributed by atoms with E-state index in [1.54, 1.807) is 24.3 Å². The van der Waals surface area contributed by atoms with E-state index in [9.17, 15) is 14.0 Å². The average molecular weight is 434 g/mol. The van der Waals surface area contributed by atoms with E-state index in [1.165, 1.54) is 17.7 Å². The molecule has 0 heterocycles. The summed E-state index contributed by atoms with van der Waals surface area (Å²) in [5.74, 6) is -1.02. The van der Waals surface area contributed by atoms with Crippen molar-refractivity contribution in [2.24, 2.45) is 5.73 Å². The molecular weight excluding hydrogens is 411 g/mol. The normalized spacial score (nSPS) is 16.8. The summed E-state index contributed by atoms with van der Waals surface area (Å²) < 4.78 is 19.6. The van der Waals surface area contributed by atoms with Crippen LogP contribution in [0.15, 0.2) is 66.7 Å². The Morgan fingerprint density at radius 2 is 1.75 bits per heavy atom. The van der Waals surface area contributed by atoms with E-state index in [2.05, 4.69) is 10.6 Å². The first kappa shape index (κ1) is 21.3. The Balaban J connectivity index is 1.31. The number of anilines is 3. The number of benzene rings is 3. The minimum absolute atomic E-state index is 0.0737. The highest BCUT2D eigenvalue weighted by atomic mass is 19.1. The third kappa shape index (κ3) is 5.04. The van der Waals surface area contributed by atoms with Gasteiger partial charge in [0.15, 0.2) is 0 Å². The molecule has 7 nitrogen and oxygen atoms in total. The summed E-state index contributed by atoms with van der Waals surface area (Å²) in [6.45, 7) is 0.0737. The number of ether oxygens (including phenoxy) is 1. The maximum atomic E-state index is 14.4. The van der Waals surface area contributed by atoms with Gasteiger partial charge >= 0.3 is 6.09 Å². The van der Waals surface area contributed by atoms with Gasteiger partial charge in [0.05, 0.1) is 16.9 Å². The lowest BCUT2D eigenvalue weighted by Crippen LogP contribution is -2.16. The molecule has 3 aromatic carbocycles. The first-order chi connectivity index (χ1) is 15.4. The van der Waals surface area contributed by atoms with Crippen molar-refractivity contribution < 1.29 is 18.7 Å². The summed E-state index contributed by atoms with van der Waals surface area (Å²) in [6.07, 6.45) is 0.266. The van der Waals surface area contributed by atoms with Gasteiger partial charge in [0.1, 0.15) is 12.4 Å². The molecule has 2 unspecified atom stereocenters. The van der Waals surface area contributed by atoms with Crippen LogP contribution in [-0.4, -0.2) is 18.0 Å². The third-order valence-electron chi connectivity index (χ3n) is 5.29. The van der Waals surface area contributed by atoms with Crippen molar-refractivity contribution in [2.45, 2.75) is 25.0 Å². The third-order valence-corrected chi connectivity index (χ3v) is 5.29. The van der Waals surface area contributed by atoms with Crippen molar-refractivity contribution in [3.8, 4) is 0 Å². The molecule has 0 saturated heterocycles. The number of nitrogens with one attached hydrogen (secondary N) is 2. The molecule has 2 atom stereocenters. The van der Waals surface area contributed by atoms with Crippen molar-refractivity contribution in [1.82, 2.24) is 0 Å². The summed E-state index contributed by atoms with van der Waals surface area (Å²) in [4.78, 5) is 24.4. The van der Waals surface area contributed by atoms with E-state index >= 15 is 0 Å². The highest BCUT2D eigenvalue weighted by Gasteiger charge is 2.34. The predicted octanol–water partition coefficient (Wildman–Crippen LogP) is 4.22. The van der Waals surface area contributed by atoms with Gasteiger partial charge in [-0.25, -0.2) is 9.18 Å². The number of nitrogen functional groups attached to an aromatic ring is 1. The van der Waals surface area contributed by atoms with Crippen LogP contribution < -0.4 is 22.1 Å². The van der Waals surface area contributed by atoms with E-state index in [0.717, 1.165) is 18.1 Å². The molecule has 4 rings (SSSR count). The van der Waals surface area contributed by atoms with Crippen molar-refractivity contribution in [1.29, 1.82) is 0 Å². The second-order valence-electron chi connectivity index (χ2n) is 7.68. The molecule has 1 aliphatic carbocycles. The van der Waals surface area contributed by atoms with Gasteiger partial charge in [-0.15, -0.1) is 0 Å². The van der Waals surface area contributed by atoms with Gasteiger partial charge in [-0.05, 0) is 47.9 Å². The van der Waals surface area contributed by atoms with Crippen LogP contribution in [0.5, 0.6) is 0 Å². The fraction of sp³-hybridized carbons (Fsp3) is 0.167. The fourth-order valence-electron chi connectivity index (χ4n) is 3.34. The lowest BCUT2D eigenvalue weighted by molar-refractivity contribution is 0.102.